The van der Waals surface area contributed by atoms with Gasteiger partial charge in [-0.2, -0.15) is 0 Å². The first-order chi connectivity index (χ1) is 6.09. The third-order valence-corrected chi connectivity index (χ3v) is 3.24. The van der Waals surface area contributed by atoms with E-state index in [2.05, 4.69) is 24.5 Å². The van der Waals surface area contributed by atoms with Crippen LogP contribution in [0.2, 0.25) is 0 Å². The maximum atomic E-state index is 11.6. The minimum atomic E-state index is 0.260. The molecule has 0 aromatic heterocycles. The Bertz CT molecular complexity index is 219. The Kier molecular flexibility index (Phi) is 2.06. The lowest BCUT2D eigenvalue weighted by Crippen LogP contribution is -2.37. The average molecular weight is 182 g/mol. The van der Waals surface area contributed by atoms with E-state index in [1.54, 1.807) is 0 Å². The second kappa shape index (κ2) is 2.98. The van der Waals surface area contributed by atoms with Crippen molar-refractivity contribution in [2.45, 2.75) is 32.7 Å². The van der Waals surface area contributed by atoms with Crippen LogP contribution in [0.4, 0.5) is 0 Å². The van der Waals surface area contributed by atoms with Gasteiger partial charge in [-0.25, -0.2) is 0 Å². The van der Waals surface area contributed by atoms with Gasteiger partial charge in [-0.1, -0.05) is 13.8 Å². The lowest BCUT2D eigenvalue weighted by Gasteiger charge is -2.11. The molecule has 1 aliphatic heterocycles. The molecule has 1 heterocycles. The van der Waals surface area contributed by atoms with Gasteiger partial charge in [0.15, 0.2) is 0 Å². The molecule has 1 saturated heterocycles. The van der Waals surface area contributed by atoms with Crippen molar-refractivity contribution >= 4 is 5.91 Å². The van der Waals surface area contributed by atoms with E-state index in [-0.39, 0.29) is 17.2 Å². The predicted molar refractivity (Wildman–Crippen MR) is 51.3 cm³/mol. The highest BCUT2D eigenvalue weighted by molar-refractivity contribution is 5.82. The zero-order chi connectivity index (χ0) is 9.47. The Morgan fingerprint density at radius 3 is 2.69 bits per heavy atom. The molecule has 1 aliphatic carbocycles. The Hall–Kier alpha value is -0.570. The minimum absolute atomic E-state index is 0.260. The maximum absolute atomic E-state index is 11.6. The molecular formula is C10H18N2O. The molecule has 2 rings (SSSR count). The van der Waals surface area contributed by atoms with E-state index in [1.807, 2.05) is 0 Å². The molecule has 74 valence electrons. The van der Waals surface area contributed by atoms with Gasteiger partial charge >= 0.3 is 0 Å². The molecule has 0 bridgehead atoms. The Balaban J connectivity index is 1.79. The molecule has 0 radical (unpaired) electrons. The molecule has 13 heavy (non-hydrogen) atoms. The quantitative estimate of drug-likeness (QED) is 0.653. The smallest absolute Gasteiger partial charge is 0.223 e. The van der Waals surface area contributed by atoms with Crippen LogP contribution in [0.25, 0.3) is 0 Å². The van der Waals surface area contributed by atoms with E-state index in [4.69, 9.17) is 0 Å². The van der Waals surface area contributed by atoms with Gasteiger partial charge in [0.1, 0.15) is 0 Å². The third-order valence-electron chi connectivity index (χ3n) is 3.24. The van der Waals surface area contributed by atoms with Gasteiger partial charge < -0.3 is 10.6 Å². The van der Waals surface area contributed by atoms with E-state index in [1.165, 1.54) is 0 Å². The number of nitrogens with one attached hydrogen (secondary N) is 2. The number of rotatable bonds is 2. The summed E-state index contributed by atoms with van der Waals surface area (Å²) in [7, 11) is 0. The molecule has 2 N–H and O–H groups in total. The second-order valence-corrected chi connectivity index (χ2v) is 4.94. The SMILES string of the molecule is CC1(C)CC1C(=O)N[C@@H]1CCNC1. The zero-order valence-corrected chi connectivity index (χ0v) is 8.39. The Morgan fingerprint density at radius 1 is 1.54 bits per heavy atom. The summed E-state index contributed by atoms with van der Waals surface area (Å²) < 4.78 is 0. The fourth-order valence-corrected chi connectivity index (χ4v) is 1.99. The molecule has 1 saturated carbocycles. The standard InChI is InChI=1S/C10H18N2O/c1-10(2)5-8(10)9(13)12-7-3-4-11-6-7/h7-8,11H,3-6H2,1-2H3,(H,12,13)/t7-,8?/m1/s1. The summed E-state index contributed by atoms with van der Waals surface area (Å²) in [6, 6.07) is 0.379. The highest BCUT2D eigenvalue weighted by Crippen LogP contribution is 2.51. The predicted octanol–water partition coefficient (Wildman–Crippen LogP) is 0.511. The molecule has 0 spiro atoms. The van der Waals surface area contributed by atoms with Crippen molar-refractivity contribution in [3.63, 3.8) is 0 Å². The average Bonchev–Trinajstić information content (AvgIpc) is 2.49. The van der Waals surface area contributed by atoms with Crippen LogP contribution in [0.3, 0.4) is 0 Å². The van der Waals surface area contributed by atoms with Gasteiger partial charge in [-0.15, -0.1) is 0 Å². The Labute approximate surface area is 79.3 Å². The molecule has 0 aromatic carbocycles. The third kappa shape index (κ3) is 1.85. The number of amides is 1. The Morgan fingerprint density at radius 2 is 2.23 bits per heavy atom. The highest BCUT2D eigenvalue weighted by Gasteiger charge is 2.50. The normalized spacial score (nSPS) is 35.8. The van der Waals surface area contributed by atoms with E-state index >= 15 is 0 Å². The van der Waals surface area contributed by atoms with Crippen LogP contribution >= 0.6 is 0 Å². The first-order valence-corrected chi connectivity index (χ1v) is 5.11. The fraction of sp³-hybridized carbons (Fsp3) is 0.900. The molecule has 2 atom stereocenters. The van der Waals surface area contributed by atoms with Crippen molar-refractivity contribution in [3.05, 3.63) is 0 Å². The minimum Gasteiger partial charge on any atom is -0.352 e. The van der Waals surface area contributed by atoms with Crippen molar-refractivity contribution in [2.24, 2.45) is 11.3 Å². The zero-order valence-electron chi connectivity index (χ0n) is 8.39. The molecule has 3 heteroatoms. The van der Waals surface area contributed by atoms with Crippen LogP contribution in [-0.4, -0.2) is 25.0 Å². The molecule has 3 nitrogen and oxygen atoms in total. The first-order valence-electron chi connectivity index (χ1n) is 5.11. The van der Waals surface area contributed by atoms with Gasteiger partial charge in [-0.3, -0.25) is 4.79 Å². The summed E-state index contributed by atoms with van der Waals surface area (Å²) in [4.78, 5) is 11.6. The summed E-state index contributed by atoms with van der Waals surface area (Å²) in [5.74, 6) is 0.534. The molecule has 1 amide bonds. The van der Waals surface area contributed by atoms with Crippen molar-refractivity contribution < 1.29 is 4.79 Å². The largest absolute Gasteiger partial charge is 0.352 e. The van der Waals surface area contributed by atoms with Gasteiger partial charge in [0.2, 0.25) is 5.91 Å². The van der Waals surface area contributed by atoms with Crippen molar-refractivity contribution in [1.29, 1.82) is 0 Å². The first kappa shape index (κ1) is 9.00. The summed E-state index contributed by atoms with van der Waals surface area (Å²) >= 11 is 0. The van der Waals surface area contributed by atoms with Crippen molar-refractivity contribution in [3.8, 4) is 0 Å². The van der Waals surface area contributed by atoms with Crippen LogP contribution < -0.4 is 10.6 Å². The maximum Gasteiger partial charge on any atom is 0.223 e. The monoisotopic (exact) mass is 182 g/mol. The van der Waals surface area contributed by atoms with Crippen LogP contribution in [0.1, 0.15) is 26.7 Å². The van der Waals surface area contributed by atoms with Crippen LogP contribution in [-0.2, 0) is 4.79 Å². The van der Waals surface area contributed by atoms with E-state index in [9.17, 15) is 4.79 Å². The summed E-state index contributed by atoms with van der Waals surface area (Å²) in [5, 5.41) is 6.34. The molecule has 2 aliphatic rings. The van der Waals surface area contributed by atoms with Crippen LogP contribution in [0.15, 0.2) is 0 Å². The van der Waals surface area contributed by atoms with Gasteiger partial charge in [0.25, 0.3) is 0 Å². The fourth-order valence-electron chi connectivity index (χ4n) is 1.99. The summed E-state index contributed by atoms with van der Waals surface area (Å²) in [5.41, 5.74) is 0.260. The summed E-state index contributed by atoms with van der Waals surface area (Å²) in [6.07, 6.45) is 2.14. The number of carbonyl (C=O) groups excluding carboxylic acids is 1. The van der Waals surface area contributed by atoms with Crippen molar-refractivity contribution in [1.82, 2.24) is 10.6 Å². The van der Waals surface area contributed by atoms with Gasteiger partial charge in [-0.05, 0) is 24.8 Å². The summed E-state index contributed by atoms with van der Waals surface area (Å²) in [6.45, 7) is 6.30. The molecule has 2 fully saturated rings. The van der Waals surface area contributed by atoms with Gasteiger partial charge in [0, 0.05) is 18.5 Å². The van der Waals surface area contributed by atoms with Gasteiger partial charge in [0.05, 0.1) is 0 Å². The molecule has 0 aromatic rings. The van der Waals surface area contributed by atoms with Crippen LogP contribution in [0.5, 0.6) is 0 Å². The topological polar surface area (TPSA) is 41.1 Å². The number of hydrogen-bond acceptors (Lipinski definition) is 2. The number of hydrogen-bond donors (Lipinski definition) is 2. The molecular weight excluding hydrogens is 164 g/mol. The number of carbonyl (C=O) groups is 1. The van der Waals surface area contributed by atoms with E-state index in [0.29, 0.717) is 6.04 Å². The van der Waals surface area contributed by atoms with E-state index in [0.717, 1.165) is 25.9 Å². The lowest BCUT2D eigenvalue weighted by atomic mass is 10.1. The van der Waals surface area contributed by atoms with Crippen molar-refractivity contribution in [2.75, 3.05) is 13.1 Å². The van der Waals surface area contributed by atoms with E-state index < -0.39 is 0 Å². The lowest BCUT2D eigenvalue weighted by molar-refractivity contribution is -0.123. The highest BCUT2D eigenvalue weighted by atomic mass is 16.2. The molecule has 1 unspecified atom stereocenters. The van der Waals surface area contributed by atoms with Crippen LogP contribution in [0, 0.1) is 11.3 Å². The second-order valence-electron chi connectivity index (χ2n) is 4.94.